The van der Waals surface area contributed by atoms with Crippen LogP contribution in [0.4, 0.5) is 0 Å². The minimum atomic E-state index is -0.866. The van der Waals surface area contributed by atoms with Crippen molar-refractivity contribution in [2.45, 2.75) is 57.8 Å². The quantitative estimate of drug-likeness (QED) is 0.903. The minimum absolute atomic E-state index is 0.200. The normalized spacial score (nSPS) is 21.3. The number of nitrogens with zero attached hydrogens (tertiary/aromatic N) is 1. The Hall–Kier alpha value is -1.84. The van der Waals surface area contributed by atoms with Gasteiger partial charge >= 0.3 is 5.97 Å². The number of rotatable bonds is 4. The molecule has 0 unspecified atom stereocenters. The molecule has 136 valence electrons. The van der Waals surface area contributed by atoms with Crippen LogP contribution in [0.5, 0.6) is 0 Å². The number of amides is 1. The molecule has 4 nitrogen and oxygen atoms in total. The lowest BCUT2D eigenvalue weighted by atomic mass is 9.71. The van der Waals surface area contributed by atoms with E-state index in [1.807, 2.05) is 35.2 Å². The van der Waals surface area contributed by atoms with E-state index in [1.54, 1.807) is 0 Å². The van der Waals surface area contributed by atoms with Crippen LogP contribution in [0.25, 0.3) is 0 Å². The first kappa shape index (κ1) is 18.0. The zero-order valence-electron chi connectivity index (χ0n) is 15.3. The largest absolute Gasteiger partial charge is 0.481 e. The van der Waals surface area contributed by atoms with Crippen molar-refractivity contribution in [3.63, 3.8) is 0 Å². The number of carboxylic acid groups (broad SMARTS) is 1. The van der Waals surface area contributed by atoms with Crippen LogP contribution in [0.1, 0.15) is 57.9 Å². The molecule has 1 aromatic rings. The molecule has 2 fully saturated rings. The predicted molar refractivity (Wildman–Crippen MR) is 97.3 cm³/mol. The maximum atomic E-state index is 13.1. The predicted octanol–water partition coefficient (Wildman–Crippen LogP) is 3.85. The molecule has 0 aromatic heterocycles. The van der Waals surface area contributed by atoms with Crippen LogP contribution in [0.15, 0.2) is 30.3 Å². The zero-order chi connectivity index (χ0) is 18.1. The summed E-state index contributed by atoms with van der Waals surface area (Å²) in [4.78, 5) is 27.1. The summed E-state index contributed by atoms with van der Waals surface area (Å²) in [5.41, 5.74) is -0.355. The second-order valence-electron chi connectivity index (χ2n) is 8.25. The van der Waals surface area contributed by atoms with E-state index in [1.165, 1.54) is 12.8 Å². The maximum absolute atomic E-state index is 13.1. The van der Waals surface area contributed by atoms with Gasteiger partial charge in [-0.2, -0.15) is 0 Å². The standard InChI is InChI=1S/C21H29NO3/c1-20(2,16-8-6-7-9-16)18(23)22-14-12-21(13-15-22,19(24)25)17-10-4-3-5-11-17/h3-5,10-11,16H,6-9,12-15H2,1-2H3,(H,24,25). The molecule has 2 aliphatic rings. The third-order valence-corrected chi connectivity index (χ3v) is 6.57. The molecule has 0 radical (unpaired) electrons. The summed E-state index contributed by atoms with van der Waals surface area (Å²) in [7, 11) is 0. The molecule has 0 atom stereocenters. The van der Waals surface area contributed by atoms with E-state index in [0.717, 1.165) is 18.4 Å². The van der Waals surface area contributed by atoms with Gasteiger partial charge in [0.1, 0.15) is 0 Å². The van der Waals surface area contributed by atoms with E-state index < -0.39 is 11.4 Å². The number of carboxylic acids is 1. The van der Waals surface area contributed by atoms with Gasteiger partial charge in [-0.15, -0.1) is 0 Å². The van der Waals surface area contributed by atoms with Gasteiger partial charge in [-0.1, -0.05) is 57.0 Å². The van der Waals surface area contributed by atoms with E-state index in [0.29, 0.717) is 31.8 Å². The van der Waals surface area contributed by atoms with Crippen molar-refractivity contribution in [3.05, 3.63) is 35.9 Å². The van der Waals surface area contributed by atoms with Crippen LogP contribution in [0, 0.1) is 11.3 Å². The summed E-state index contributed by atoms with van der Waals surface area (Å²) in [6.45, 7) is 5.19. The van der Waals surface area contributed by atoms with Gasteiger partial charge in [0.15, 0.2) is 0 Å². The van der Waals surface area contributed by atoms with Gasteiger partial charge in [0.25, 0.3) is 0 Å². The SMILES string of the molecule is CC(C)(C(=O)N1CCC(C(=O)O)(c2ccccc2)CC1)C1CCCC1. The van der Waals surface area contributed by atoms with Gasteiger partial charge in [-0.25, -0.2) is 0 Å². The summed E-state index contributed by atoms with van der Waals surface area (Å²) in [5, 5.41) is 9.90. The van der Waals surface area contributed by atoms with E-state index >= 15 is 0 Å². The van der Waals surface area contributed by atoms with Crippen LogP contribution >= 0.6 is 0 Å². The maximum Gasteiger partial charge on any atom is 0.314 e. The van der Waals surface area contributed by atoms with Gasteiger partial charge in [-0.3, -0.25) is 9.59 Å². The molecule has 1 aliphatic heterocycles. The van der Waals surface area contributed by atoms with Crippen molar-refractivity contribution in [1.82, 2.24) is 4.90 Å². The Morgan fingerprint density at radius 2 is 1.64 bits per heavy atom. The van der Waals surface area contributed by atoms with Gasteiger partial charge in [0.05, 0.1) is 5.41 Å². The highest BCUT2D eigenvalue weighted by Crippen LogP contribution is 2.42. The Morgan fingerprint density at radius 1 is 1.08 bits per heavy atom. The minimum Gasteiger partial charge on any atom is -0.481 e. The van der Waals surface area contributed by atoms with E-state index in [4.69, 9.17) is 0 Å². The summed E-state index contributed by atoms with van der Waals surface area (Å²) in [6, 6.07) is 9.48. The summed E-state index contributed by atoms with van der Waals surface area (Å²) >= 11 is 0. The molecular formula is C21H29NO3. The zero-order valence-corrected chi connectivity index (χ0v) is 15.3. The average Bonchev–Trinajstić information content (AvgIpc) is 3.17. The number of hydrogen-bond donors (Lipinski definition) is 1. The fourth-order valence-corrected chi connectivity index (χ4v) is 4.70. The second-order valence-corrected chi connectivity index (χ2v) is 8.25. The topological polar surface area (TPSA) is 57.6 Å². The molecule has 1 aromatic carbocycles. The third-order valence-electron chi connectivity index (χ3n) is 6.57. The number of carbonyl (C=O) groups excluding carboxylic acids is 1. The van der Waals surface area contributed by atoms with Crippen LogP contribution in [0.3, 0.4) is 0 Å². The first-order valence-electron chi connectivity index (χ1n) is 9.46. The number of likely N-dealkylation sites (tertiary alicyclic amines) is 1. The Morgan fingerprint density at radius 3 is 2.16 bits per heavy atom. The Balaban J connectivity index is 1.74. The Bertz CT molecular complexity index is 624. The third kappa shape index (κ3) is 3.19. The molecule has 1 amide bonds. The average molecular weight is 343 g/mol. The highest BCUT2D eigenvalue weighted by molar-refractivity contribution is 5.84. The highest BCUT2D eigenvalue weighted by atomic mass is 16.4. The molecular weight excluding hydrogens is 314 g/mol. The van der Waals surface area contributed by atoms with Crippen LogP contribution in [0.2, 0.25) is 0 Å². The van der Waals surface area contributed by atoms with Crippen LogP contribution in [-0.2, 0) is 15.0 Å². The molecule has 0 spiro atoms. The second kappa shape index (κ2) is 6.81. The number of aliphatic carboxylic acids is 1. The fraction of sp³-hybridized carbons (Fsp3) is 0.619. The highest BCUT2D eigenvalue weighted by Gasteiger charge is 2.47. The first-order chi connectivity index (χ1) is 11.9. The summed E-state index contributed by atoms with van der Waals surface area (Å²) < 4.78 is 0. The molecule has 1 N–H and O–H groups in total. The van der Waals surface area contributed by atoms with Gasteiger partial charge in [-0.05, 0) is 37.2 Å². The lowest BCUT2D eigenvalue weighted by molar-refractivity contribution is -0.152. The fourth-order valence-electron chi connectivity index (χ4n) is 4.70. The molecule has 0 bridgehead atoms. The lowest BCUT2D eigenvalue weighted by Crippen LogP contribution is -2.52. The molecule has 1 saturated heterocycles. The smallest absolute Gasteiger partial charge is 0.314 e. The Kier molecular flexibility index (Phi) is 4.90. The number of piperidine rings is 1. The lowest BCUT2D eigenvalue weighted by Gasteiger charge is -2.43. The number of benzene rings is 1. The van der Waals surface area contributed by atoms with Crippen molar-refractivity contribution >= 4 is 11.9 Å². The molecule has 1 saturated carbocycles. The van der Waals surface area contributed by atoms with Crippen molar-refractivity contribution in [2.75, 3.05) is 13.1 Å². The first-order valence-corrected chi connectivity index (χ1v) is 9.46. The van der Waals surface area contributed by atoms with Gasteiger partial charge in [0, 0.05) is 18.5 Å². The Labute approximate surface area is 150 Å². The number of hydrogen-bond acceptors (Lipinski definition) is 2. The van der Waals surface area contributed by atoms with Crippen molar-refractivity contribution in [1.29, 1.82) is 0 Å². The summed E-state index contributed by atoms with van der Waals surface area (Å²) in [5.74, 6) is -0.118. The molecule has 3 rings (SSSR count). The van der Waals surface area contributed by atoms with Gasteiger partial charge in [0.2, 0.25) is 5.91 Å². The van der Waals surface area contributed by atoms with Gasteiger partial charge < -0.3 is 10.0 Å². The number of carbonyl (C=O) groups is 2. The molecule has 1 aliphatic carbocycles. The van der Waals surface area contributed by atoms with E-state index in [9.17, 15) is 14.7 Å². The molecule has 1 heterocycles. The van der Waals surface area contributed by atoms with Crippen molar-refractivity contribution in [2.24, 2.45) is 11.3 Å². The van der Waals surface area contributed by atoms with E-state index in [2.05, 4.69) is 13.8 Å². The van der Waals surface area contributed by atoms with Crippen LogP contribution < -0.4 is 0 Å². The molecule has 25 heavy (non-hydrogen) atoms. The van der Waals surface area contributed by atoms with Crippen molar-refractivity contribution < 1.29 is 14.7 Å². The van der Waals surface area contributed by atoms with Crippen molar-refractivity contribution in [3.8, 4) is 0 Å². The monoisotopic (exact) mass is 343 g/mol. The van der Waals surface area contributed by atoms with Crippen LogP contribution in [-0.4, -0.2) is 35.0 Å². The summed E-state index contributed by atoms with van der Waals surface area (Å²) in [6.07, 6.45) is 5.68. The van der Waals surface area contributed by atoms with E-state index in [-0.39, 0.29) is 11.3 Å². The molecule has 4 heteroatoms.